The van der Waals surface area contributed by atoms with Gasteiger partial charge in [-0.1, -0.05) is 29.7 Å². The fourth-order valence-corrected chi connectivity index (χ4v) is 6.31. The SMILES string of the molecule is CCOC1CCC2(CC1)Cc1ccc(C#CC3CC3)cc1C21N=C(SC)N(C)C1=O. The van der Waals surface area contributed by atoms with Crippen molar-refractivity contribution < 1.29 is 9.53 Å². The summed E-state index contributed by atoms with van der Waals surface area (Å²) >= 11 is 1.56. The van der Waals surface area contributed by atoms with Gasteiger partial charge in [-0.25, -0.2) is 4.99 Å². The molecule has 2 spiro atoms. The monoisotopic (exact) mass is 422 g/mol. The molecule has 2 fully saturated rings. The number of likely N-dealkylation sites (N-methyl/N-ethyl adjacent to an activating group) is 1. The summed E-state index contributed by atoms with van der Waals surface area (Å²) < 4.78 is 5.93. The van der Waals surface area contributed by atoms with Gasteiger partial charge < -0.3 is 4.74 Å². The van der Waals surface area contributed by atoms with Crippen molar-refractivity contribution in [1.82, 2.24) is 4.90 Å². The van der Waals surface area contributed by atoms with Gasteiger partial charge in [-0.15, -0.1) is 0 Å². The number of rotatable bonds is 2. The molecule has 0 saturated heterocycles. The number of amidine groups is 1. The Bertz CT molecular complexity index is 963. The highest BCUT2D eigenvalue weighted by atomic mass is 32.2. The second-order valence-corrected chi connectivity index (χ2v) is 9.97. The quantitative estimate of drug-likeness (QED) is 0.665. The van der Waals surface area contributed by atoms with Crippen molar-refractivity contribution in [3.63, 3.8) is 0 Å². The lowest BCUT2D eigenvalue weighted by Crippen LogP contribution is -2.51. The molecule has 1 unspecified atom stereocenters. The average molecular weight is 423 g/mol. The molecule has 1 aromatic rings. The smallest absolute Gasteiger partial charge is 0.261 e. The number of benzene rings is 1. The van der Waals surface area contributed by atoms with Crippen LogP contribution in [0.3, 0.4) is 0 Å². The minimum absolute atomic E-state index is 0.132. The highest BCUT2D eigenvalue weighted by Gasteiger charge is 2.66. The number of hydrogen-bond donors (Lipinski definition) is 0. The molecular formula is C25H30N2O2S. The second kappa shape index (κ2) is 7.43. The minimum Gasteiger partial charge on any atom is -0.379 e. The molecule has 3 aliphatic carbocycles. The Morgan fingerprint density at radius 3 is 2.67 bits per heavy atom. The molecule has 4 nitrogen and oxygen atoms in total. The van der Waals surface area contributed by atoms with Crippen LogP contribution in [-0.2, 0) is 21.5 Å². The summed E-state index contributed by atoms with van der Waals surface area (Å²) in [6.07, 6.45) is 9.61. The number of thioether (sulfide) groups is 1. The first-order valence-corrected chi connectivity index (χ1v) is 12.4. The second-order valence-electron chi connectivity index (χ2n) is 9.20. The van der Waals surface area contributed by atoms with Crippen molar-refractivity contribution in [1.29, 1.82) is 0 Å². The fourth-order valence-electron chi connectivity index (χ4n) is 5.72. The summed E-state index contributed by atoms with van der Waals surface area (Å²) in [5.41, 5.74) is 2.43. The average Bonchev–Trinajstić information content (AvgIpc) is 3.50. The van der Waals surface area contributed by atoms with E-state index in [-0.39, 0.29) is 11.3 Å². The van der Waals surface area contributed by atoms with E-state index in [1.54, 1.807) is 16.7 Å². The molecule has 0 radical (unpaired) electrons. The number of hydrogen-bond acceptors (Lipinski definition) is 4. The van der Waals surface area contributed by atoms with Crippen molar-refractivity contribution in [3.05, 3.63) is 34.9 Å². The summed E-state index contributed by atoms with van der Waals surface area (Å²) in [5.74, 6) is 7.43. The van der Waals surface area contributed by atoms with Gasteiger partial charge in [-0.05, 0) is 81.4 Å². The van der Waals surface area contributed by atoms with Crippen LogP contribution >= 0.6 is 11.8 Å². The predicted octanol–water partition coefficient (Wildman–Crippen LogP) is 4.36. The van der Waals surface area contributed by atoms with Gasteiger partial charge >= 0.3 is 0 Å². The Hall–Kier alpha value is -1.77. The zero-order valence-electron chi connectivity index (χ0n) is 18.2. The van der Waals surface area contributed by atoms with Crippen LogP contribution in [-0.4, -0.2) is 42.0 Å². The van der Waals surface area contributed by atoms with E-state index < -0.39 is 5.54 Å². The van der Waals surface area contributed by atoms with Crippen LogP contribution in [0.25, 0.3) is 0 Å². The van der Waals surface area contributed by atoms with Gasteiger partial charge in [-0.3, -0.25) is 9.69 Å². The molecule has 0 bridgehead atoms. The number of aliphatic imine (C=N–C) groups is 1. The number of carbonyl (C=O) groups excluding carboxylic acids is 1. The summed E-state index contributed by atoms with van der Waals surface area (Å²) in [6.45, 7) is 2.81. The molecule has 158 valence electrons. The maximum absolute atomic E-state index is 13.9. The Kier molecular flexibility index (Phi) is 4.99. The van der Waals surface area contributed by atoms with Gasteiger partial charge in [0, 0.05) is 30.6 Å². The minimum atomic E-state index is -0.802. The fraction of sp³-hybridized carbons (Fsp3) is 0.600. The largest absolute Gasteiger partial charge is 0.379 e. The molecule has 5 rings (SSSR count). The van der Waals surface area contributed by atoms with Crippen molar-refractivity contribution in [2.45, 2.75) is 63.5 Å². The van der Waals surface area contributed by atoms with E-state index in [2.05, 4.69) is 37.0 Å². The molecule has 1 aromatic carbocycles. The van der Waals surface area contributed by atoms with Crippen molar-refractivity contribution >= 4 is 22.8 Å². The lowest BCUT2D eigenvalue weighted by molar-refractivity contribution is -0.137. The van der Waals surface area contributed by atoms with E-state index in [1.165, 1.54) is 18.4 Å². The maximum atomic E-state index is 13.9. The number of ether oxygens (including phenoxy) is 1. The van der Waals surface area contributed by atoms with E-state index in [0.29, 0.717) is 12.0 Å². The van der Waals surface area contributed by atoms with Gasteiger partial charge in [0.05, 0.1) is 6.10 Å². The van der Waals surface area contributed by atoms with Crippen LogP contribution in [0, 0.1) is 23.2 Å². The van der Waals surface area contributed by atoms with Crippen LogP contribution in [0.5, 0.6) is 0 Å². The molecule has 1 heterocycles. The van der Waals surface area contributed by atoms with E-state index in [0.717, 1.165) is 55.0 Å². The van der Waals surface area contributed by atoms with Crippen molar-refractivity contribution in [2.24, 2.45) is 16.3 Å². The van der Waals surface area contributed by atoms with Gasteiger partial charge in [0.1, 0.15) is 0 Å². The third-order valence-electron chi connectivity index (χ3n) is 7.43. The summed E-state index contributed by atoms with van der Waals surface area (Å²) in [5, 5.41) is 0.827. The first kappa shape index (κ1) is 20.2. The molecule has 0 N–H and O–H groups in total. The van der Waals surface area contributed by atoms with E-state index in [9.17, 15) is 4.79 Å². The van der Waals surface area contributed by atoms with Crippen LogP contribution in [0.1, 0.15) is 62.1 Å². The third kappa shape index (κ3) is 2.95. The Labute approximate surface area is 183 Å². The van der Waals surface area contributed by atoms with Gasteiger partial charge in [0.15, 0.2) is 10.7 Å². The topological polar surface area (TPSA) is 41.9 Å². The highest BCUT2D eigenvalue weighted by Crippen LogP contribution is 2.62. The van der Waals surface area contributed by atoms with Gasteiger partial charge in [0.2, 0.25) is 0 Å². The number of carbonyl (C=O) groups is 1. The normalized spacial score (nSPS) is 32.4. The van der Waals surface area contributed by atoms with Crippen LogP contribution in [0.15, 0.2) is 23.2 Å². The first-order valence-electron chi connectivity index (χ1n) is 11.2. The van der Waals surface area contributed by atoms with Crippen LogP contribution in [0.4, 0.5) is 0 Å². The predicted molar refractivity (Wildman–Crippen MR) is 121 cm³/mol. The summed E-state index contributed by atoms with van der Waals surface area (Å²) in [7, 11) is 1.88. The van der Waals surface area contributed by atoms with Gasteiger partial charge in [-0.2, -0.15) is 0 Å². The molecule has 2 saturated carbocycles. The number of amides is 1. The standard InChI is InChI=1S/C25H30N2O2S/c1-4-29-20-11-13-24(14-12-20)16-19-10-9-18(8-7-17-5-6-17)15-21(19)25(24)22(28)27(2)23(26-25)30-3/h9-10,15,17,20H,4-6,11-14,16H2,1-3H3. The zero-order chi connectivity index (χ0) is 20.9. The maximum Gasteiger partial charge on any atom is 0.261 e. The van der Waals surface area contributed by atoms with Crippen LogP contribution in [0.2, 0.25) is 0 Å². The van der Waals surface area contributed by atoms with Gasteiger partial charge in [0.25, 0.3) is 5.91 Å². The van der Waals surface area contributed by atoms with E-state index in [1.807, 2.05) is 13.3 Å². The molecule has 0 aromatic heterocycles. The third-order valence-corrected chi connectivity index (χ3v) is 8.16. The van der Waals surface area contributed by atoms with Crippen molar-refractivity contribution in [2.75, 3.05) is 19.9 Å². The first-order chi connectivity index (χ1) is 14.5. The highest BCUT2D eigenvalue weighted by molar-refractivity contribution is 8.13. The van der Waals surface area contributed by atoms with Crippen molar-refractivity contribution in [3.8, 4) is 11.8 Å². The van der Waals surface area contributed by atoms with Crippen LogP contribution < -0.4 is 0 Å². The van der Waals surface area contributed by atoms with E-state index >= 15 is 0 Å². The number of fused-ring (bicyclic) bond motifs is 3. The summed E-state index contributed by atoms with van der Waals surface area (Å²) in [6, 6.07) is 6.51. The molecule has 4 aliphatic rings. The molecule has 1 amide bonds. The summed E-state index contributed by atoms with van der Waals surface area (Å²) in [4.78, 5) is 20.8. The Balaban J connectivity index is 1.60. The Morgan fingerprint density at radius 1 is 1.27 bits per heavy atom. The molecular weight excluding hydrogens is 392 g/mol. The lowest BCUT2D eigenvalue weighted by Gasteiger charge is -2.45. The molecule has 30 heavy (non-hydrogen) atoms. The lowest BCUT2D eigenvalue weighted by atomic mass is 9.61. The molecule has 5 heteroatoms. The molecule has 1 atom stereocenters. The molecule has 1 aliphatic heterocycles. The van der Waals surface area contributed by atoms with E-state index in [4.69, 9.17) is 9.73 Å². The zero-order valence-corrected chi connectivity index (χ0v) is 19.0. The Morgan fingerprint density at radius 2 is 2.03 bits per heavy atom. The number of nitrogens with zero attached hydrogens (tertiary/aromatic N) is 2.